The van der Waals surface area contributed by atoms with E-state index in [-0.39, 0.29) is 29.2 Å². The van der Waals surface area contributed by atoms with Gasteiger partial charge in [0.25, 0.3) is 5.91 Å². The summed E-state index contributed by atoms with van der Waals surface area (Å²) in [6, 6.07) is 8.30. The number of amides is 1. The molecule has 3 rings (SSSR count). The van der Waals surface area contributed by atoms with Gasteiger partial charge in [-0.25, -0.2) is 4.39 Å². The minimum atomic E-state index is -0.201. The zero-order chi connectivity index (χ0) is 18.7. The molecule has 2 aromatic rings. The number of hydrogen-bond donors (Lipinski definition) is 1. The summed E-state index contributed by atoms with van der Waals surface area (Å²) in [5.41, 5.74) is 1.23. The van der Waals surface area contributed by atoms with Crippen molar-refractivity contribution >= 4 is 11.7 Å². The number of aromatic amines is 1. The molecule has 1 amide bonds. The fourth-order valence-corrected chi connectivity index (χ4v) is 3.33. The number of piperidine rings is 1. The Bertz CT molecular complexity index is 804. The molecule has 7 heteroatoms. The molecule has 0 unspecified atom stereocenters. The monoisotopic (exact) mass is 358 g/mol. The molecule has 1 aliphatic rings. The maximum absolute atomic E-state index is 13.9. The molecule has 26 heavy (non-hydrogen) atoms. The maximum atomic E-state index is 13.9. The largest absolute Gasteiger partial charge is 0.336 e. The lowest BCUT2D eigenvalue weighted by molar-refractivity contribution is 0.0602. The standard InChI is InChI=1S/C19H23FN4O2/c1-13(25)17-10-18(22-21-17)19(26)23(2)15-7-5-9-24(12-15)11-14-6-3-4-8-16(14)20/h3-4,6,8,10,15H,5,7,9,11-12H2,1-2H3,(H,21,22)/t15-/m1/s1. The van der Waals surface area contributed by atoms with Crippen LogP contribution in [0.1, 0.15) is 46.3 Å². The highest BCUT2D eigenvalue weighted by molar-refractivity contribution is 5.97. The summed E-state index contributed by atoms with van der Waals surface area (Å²) in [5, 5.41) is 6.51. The molecule has 0 radical (unpaired) electrons. The van der Waals surface area contributed by atoms with Crippen molar-refractivity contribution in [1.82, 2.24) is 20.0 Å². The molecule has 6 nitrogen and oxygen atoms in total. The lowest BCUT2D eigenvalue weighted by Crippen LogP contribution is -2.48. The van der Waals surface area contributed by atoms with Crippen molar-refractivity contribution < 1.29 is 14.0 Å². The lowest BCUT2D eigenvalue weighted by atomic mass is 10.0. The third-order valence-electron chi connectivity index (χ3n) is 4.87. The number of likely N-dealkylation sites (N-methyl/N-ethyl adjacent to an activating group) is 1. The number of hydrogen-bond acceptors (Lipinski definition) is 4. The number of carbonyl (C=O) groups excluding carboxylic acids is 2. The van der Waals surface area contributed by atoms with E-state index in [0.717, 1.165) is 19.4 Å². The highest BCUT2D eigenvalue weighted by Gasteiger charge is 2.28. The van der Waals surface area contributed by atoms with Crippen LogP contribution in [0.15, 0.2) is 30.3 Å². The predicted octanol–water partition coefficient (Wildman–Crippen LogP) is 2.49. The first kappa shape index (κ1) is 18.3. The number of Topliss-reactive ketones (excluding diaryl/α,β-unsaturated/α-hetero) is 1. The highest BCUT2D eigenvalue weighted by atomic mass is 19.1. The van der Waals surface area contributed by atoms with Crippen LogP contribution in [0.3, 0.4) is 0 Å². The molecular weight excluding hydrogens is 335 g/mol. The van der Waals surface area contributed by atoms with Crippen LogP contribution in [-0.2, 0) is 6.54 Å². The Hall–Kier alpha value is -2.54. The summed E-state index contributed by atoms with van der Waals surface area (Å²) in [6.07, 6.45) is 1.84. The zero-order valence-corrected chi connectivity index (χ0v) is 15.0. The normalized spacial score (nSPS) is 17.9. The molecule has 1 saturated heterocycles. The first-order chi connectivity index (χ1) is 12.5. The molecule has 0 spiro atoms. The number of nitrogens with zero attached hydrogens (tertiary/aromatic N) is 3. The quantitative estimate of drug-likeness (QED) is 0.834. The number of rotatable bonds is 5. The maximum Gasteiger partial charge on any atom is 0.271 e. The molecule has 0 bridgehead atoms. The summed E-state index contributed by atoms with van der Waals surface area (Å²) in [5.74, 6) is -0.576. The van der Waals surface area contributed by atoms with Crippen molar-refractivity contribution in [3.63, 3.8) is 0 Å². The second kappa shape index (κ2) is 7.78. The summed E-state index contributed by atoms with van der Waals surface area (Å²) >= 11 is 0. The average molecular weight is 358 g/mol. The van der Waals surface area contributed by atoms with Crippen LogP contribution in [0.2, 0.25) is 0 Å². The van der Waals surface area contributed by atoms with Gasteiger partial charge in [-0.15, -0.1) is 0 Å². The molecule has 1 atom stereocenters. The fraction of sp³-hybridized carbons (Fsp3) is 0.421. The molecule has 1 aliphatic heterocycles. The van der Waals surface area contributed by atoms with Gasteiger partial charge < -0.3 is 4.90 Å². The van der Waals surface area contributed by atoms with E-state index in [9.17, 15) is 14.0 Å². The number of benzene rings is 1. The molecular formula is C19H23FN4O2. The van der Waals surface area contributed by atoms with E-state index in [1.165, 1.54) is 19.1 Å². The van der Waals surface area contributed by atoms with E-state index in [0.29, 0.717) is 24.3 Å². The lowest BCUT2D eigenvalue weighted by Gasteiger charge is -2.37. The Labute approximate surface area is 152 Å². The van der Waals surface area contributed by atoms with E-state index in [1.807, 2.05) is 6.07 Å². The van der Waals surface area contributed by atoms with Crippen LogP contribution in [0.4, 0.5) is 4.39 Å². The number of ketones is 1. The van der Waals surface area contributed by atoms with Crippen LogP contribution in [0, 0.1) is 5.82 Å². The fourth-order valence-electron chi connectivity index (χ4n) is 3.33. The number of likely N-dealkylation sites (tertiary alicyclic amines) is 1. The molecule has 1 N–H and O–H groups in total. The summed E-state index contributed by atoms with van der Waals surface area (Å²) in [6.45, 7) is 3.51. The third-order valence-corrected chi connectivity index (χ3v) is 4.87. The van der Waals surface area contributed by atoms with Crippen molar-refractivity contribution in [2.45, 2.75) is 32.4 Å². The Morgan fingerprint density at radius 3 is 2.85 bits per heavy atom. The van der Waals surface area contributed by atoms with E-state index < -0.39 is 0 Å². The molecule has 0 aliphatic carbocycles. The van der Waals surface area contributed by atoms with Crippen molar-refractivity contribution in [3.8, 4) is 0 Å². The van der Waals surface area contributed by atoms with E-state index in [1.54, 1.807) is 24.1 Å². The van der Waals surface area contributed by atoms with Gasteiger partial charge in [-0.2, -0.15) is 5.10 Å². The van der Waals surface area contributed by atoms with Crippen LogP contribution >= 0.6 is 0 Å². The smallest absolute Gasteiger partial charge is 0.271 e. The van der Waals surface area contributed by atoms with Crippen LogP contribution in [-0.4, -0.2) is 57.9 Å². The second-order valence-electron chi connectivity index (χ2n) is 6.76. The average Bonchev–Trinajstić information content (AvgIpc) is 3.13. The molecule has 1 fully saturated rings. The number of nitrogens with one attached hydrogen (secondary N) is 1. The van der Waals surface area contributed by atoms with Gasteiger partial charge in [0.2, 0.25) is 0 Å². The number of H-pyrrole nitrogens is 1. The zero-order valence-electron chi connectivity index (χ0n) is 15.0. The van der Waals surface area contributed by atoms with Crippen LogP contribution in [0.5, 0.6) is 0 Å². The van der Waals surface area contributed by atoms with Crippen molar-refractivity contribution in [1.29, 1.82) is 0 Å². The van der Waals surface area contributed by atoms with Gasteiger partial charge in [-0.3, -0.25) is 19.6 Å². The van der Waals surface area contributed by atoms with Crippen LogP contribution in [0.25, 0.3) is 0 Å². The Kier molecular flexibility index (Phi) is 5.46. The van der Waals surface area contributed by atoms with Crippen molar-refractivity contribution in [3.05, 3.63) is 53.1 Å². The topological polar surface area (TPSA) is 69.3 Å². The van der Waals surface area contributed by atoms with Gasteiger partial charge in [-0.1, -0.05) is 18.2 Å². The Morgan fingerprint density at radius 2 is 2.15 bits per heavy atom. The minimum Gasteiger partial charge on any atom is -0.336 e. The highest BCUT2D eigenvalue weighted by Crippen LogP contribution is 2.19. The van der Waals surface area contributed by atoms with Crippen LogP contribution < -0.4 is 0 Å². The molecule has 1 aromatic heterocycles. The Morgan fingerprint density at radius 1 is 1.38 bits per heavy atom. The summed E-state index contributed by atoms with van der Waals surface area (Å²) < 4.78 is 13.9. The minimum absolute atomic E-state index is 0.0344. The number of carbonyl (C=O) groups is 2. The Balaban J connectivity index is 1.65. The number of aromatic nitrogens is 2. The first-order valence-corrected chi connectivity index (χ1v) is 8.75. The van der Waals surface area contributed by atoms with Gasteiger partial charge in [0, 0.05) is 38.7 Å². The van der Waals surface area contributed by atoms with Gasteiger partial charge in [0.05, 0.1) is 0 Å². The summed E-state index contributed by atoms with van der Waals surface area (Å²) in [7, 11) is 1.76. The summed E-state index contributed by atoms with van der Waals surface area (Å²) in [4.78, 5) is 27.9. The van der Waals surface area contributed by atoms with Crippen molar-refractivity contribution in [2.75, 3.05) is 20.1 Å². The molecule has 0 saturated carbocycles. The van der Waals surface area contributed by atoms with E-state index >= 15 is 0 Å². The predicted molar refractivity (Wildman–Crippen MR) is 95.4 cm³/mol. The first-order valence-electron chi connectivity index (χ1n) is 8.75. The van der Waals surface area contributed by atoms with Crippen molar-refractivity contribution in [2.24, 2.45) is 0 Å². The molecule has 1 aromatic carbocycles. The second-order valence-corrected chi connectivity index (χ2v) is 6.76. The number of halogens is 1. The van der Waals surface area contributed by atoms with E-state index in [2.05, 4.69) is 15.1 Å². The third kappa shape index (κ3) is 3.99. The van der Waals surface area contributed by atoms with Gasteiger partial charge >= 0.3 is 0 Å². The molecule has 138 valence electrons. The van der Waals surface area contributed by atoms with Gasteiger partial charge in [0.1, 0.15) is 17.2 Å². The molecule has 2 heterocycles. The SMILES string of the molecule is CC(=O)c1cc(C(=O)N(C)[C@@H]2CCCN(Cc3ccccc3F)C2)[nH]n1. The van der Waals surface area contributed by atoms with E-state index in [4.69, 9.17) is 0 Å². The van der Waals surface area contributed by atoms with Gasteiger partial charge in [0.15, 0.2) is 5.78 Å². The van der Waals surface area contributed by atoms with Gasteiger partial charge in [-0.05, 0) is 31.5 Å².